The number of nitrogens with one attached hydrogen (secondary N) is 1. The van der Waals surface area contributed by atoms with Crippen molar-refractivity contribution in [1.82, 2.24) is 9.78 Å². The molecule has 24 heavy (non-hydrogen) atoms. The second-order valence-corrected chi connectivity index (χ2v) is 7.10. The van der Waals surface area contributed by atoms with Crippen LogP contribution in [0.1, 0.15) is 21.8 Å². The minimum atomic E-state index is -0.0188. The Hall–Kier alpha value is -2.11. The molecule has 3 aromatic rings. The first-order valence-corrected chi connectivity index (χ1v) is 8.89. The lowest BCUT2D eigenvalue weighted by atomic mass is 10.2. The van der Waals surface area contributed by atoms with Crippen molar-refractivity contribution in [1.29, 1.82) is 0 Å². The van der Waals surface area contributed by atoms with E-state index in [1.54, 1.807) is 11.3 Å². The molecule has 0 atom stereocenters. The van der Waals surface area contributed by atoms with Crippen molar-refractivity contribution < 1.29 is 4.79 Å². The van der Waals surface area contributed by atoms with Gasteiger partial charge in [0, 0.05) is 9.90 Å². The maximum Gasteiger partial charge on any atom is 0.229 e. The standard InChI is InChI=1S/C18H18ClN3OS/c1-12-18(20-17(23)10-16-4-3-9-24-16)13(2)22(21-12)11-14-5-7-15(19)8-6-14/h3-9H,10-11H2,1-2H3,(H,20,23). The highest BCUT2D eigenvalue weighted by molar-refractivity contribution is 7.10. The fraction of sp³-hybridized carbons (Fsp3) is 0.222. The molecule has 0 aliphatic heterocycles. The molecule has 2 heterocycles. The molecule has 0 spiro atoms. The third-order valence-electron chi connectivity index (χ3n) is 3.81. The summed E-state index contributed by atoms with van der Waals surface area (Å²) in [6.07, 6.45) is 0.388. The number of nitrogens with zero attached hydrogens (tertiary/aromatic N) is 2. The van der Waals surface area contributed by atoms with E-state index in [9.17, 15) is 4.79 Å². The molecule has 0 aliphatic carbocycles. The second-order valence-electron chi connectivity index (χ2n) is 5.63. The largest absolute Gasteiger partial charge is 0.323 e. The number of carbonyl (C=O) groups excluding carboxylic acids is 1. The van der Waals surface area contributed by atoms with Crippen molar-refractivity contribution in [3.05, 3.63) is 68.6 Å². The zero-order chi connectivity index (χ0) is 17.1. The Morgan fingerprint density at radius 2 is 2.00 bits per heavy atom. The Morgan fingerprint density at radius 1 is 1.25 bits per heavy atom. The summed E-state index contributed by atoms with van der Waals surface area (Å²) in [4.78, 5) is 13.3. The summed E-state index contributed by atoms with van der Waals surface area (Å²) in [6, 6.07) is 11.6. The number of hydrogen-bond donors (Lipinski definition) is 1. The van der Waals surface area contributed by atoms with Crippen molar-refractivity contribution in [2.45, 2.75) is 26.8 Å². The van der Waals surface area contributed by atoms with Crippen LogP contribution < -0.4 is 5.32 Å². The van der Waals surface area contributed by atoms with Crippen molar-refractivity contribution in [2.24, 2.45) is 0 Å². The van der Waals surface area contributed by atoms with Gasteiger partial charge in [-0.2, -0.15) is 5.10 Å². The molecule has 1 aromatic carbocycles. The van der Waals surface area contributed by atoms with Crippen molar-refractivity contribution in [3.8, 4) is 0 Å². The van der Waals surface area contributed by atoms with Gasteiger partial charge in [-0.05, 0) is 43.0 Å². The maximum atomic E-state index is 12.2. The van der Waals surface area contributed by atoms with Gasteiger partial charge >= 0.3 is 0 Å². The number of halogens is 1. The quantitative estimate of drug-likeness (QED) is 0.731. The molecule has 4 nitrogen and oxygen atoms in total. The first kappa shape index (κ1) is 16.7. The molecular weight excluding hydrogens is 342 g/mol. The van der Waals surface area contributed by atoms with Crippen molar-refractivity contribution >= 4 is 34.5 Å². The van der Waals surface area contributed by atoms with E-state index in [0.717, 1.165) is 27.5 Å². The van der Waals surface area contributed by atoms with Gasteiger partial charge in [0.25, 0.3) is 0 Å². The number of thiophene rings is 1. The van der Waals surface area contributed by atoms with Crippen LogP contribution >= 0.6 is 22.9 Å². The average Bonchev–Trinajstić information content (AvgIpc) is 3.14. The van der Waals surface area contributed by atoms with Gasteiger partial charge in [-0.3, -0.25) is 9.48 Å². The van der Waals surface area contributed by atoms with Crippen LogP contribution in [-0.4, -0.2) is 15.7 Å². The number of hydrogen-bond acceptors (Lipinski definition) is 3. The predicted molar refractivity (Wildman–Crippen MR) is 98.9 cm³/mol. The molecule has 0 fully saturated rings. The second kappa shape index (κ2) is 7.20. The molecule has 0 saturated heterocycles. The highest BCUT2D eigenvalue weighted by Gasteiger charge is 2.15. The first-order valence-electron chi connectivity index (χ1n) is 7.63. The minimum absolute atomic E-state index is 0.0188. The molecule has 0 radical (unpaired) electrons. The van der Waals surface area contributed by atoms with E-state index in [-0.39, 0.29) is 5.91 Å². The molecule has 124 valence electrons. The summed E-state index contributed by atoms with van der Waals surface area (Å²) >= 11 is 7.51. The van der Waals surface area contributed by atoms with Crippen LogP contribution in [0.3, 0.4) is 0 Å². The average molecular weight is 360 g/mol. The maximum absolute atomic E-state index is 12.2. The number of aryl methyl sites for hydroxylation is 1. The van der Waals surface area contributed by atoms with Gasteiger partial charge < -0.3 is 5.32 Å². The predicted octanol–water partition coefficient (Wildman–Crippen LogP) is 4.44. The minimum Gasteiger partial charge on any atom is -0.323 e. The highest BCUT2D eigenvalue weighted by Crippen LogP contribution is 2.21. The van der Waals surface area contributed by atoms with Crippen LogP contribution in [0.2, 0.25) is 5.02 Å². The van der Waals surface area contributed by atoms with Crippen LogP contribution in [0.4, 0.5) is 5.69 Å². The van der Waals surface area contributed by atoms with Crippen LogP contribution in [0.25, 0.3) is 0 Å². The molecule has 0 unspecified atom stereocenters. The van der Waals surface area contributed by atoms with Crippen LogP contribution in [0, 0.1) is 13.8 Å². The molecule has 0 aliphatic rings. The lowest BCUT2D eigenvalue weighted by Crippen LogP contribution is -2.15. The van der Waals surface area contributed by atoms with Crippen molar-refractivity contribution in [2.75, 3.05) is 5.32 Å². The molecule has 2 aromatic heterocycles. The summed E-state index contributed by atoms with van der Waals surface area (Å²) in [5, 5.41) is 10.2. The monoisotopic (exact) mass is 359 g/mol. The number of carbonyl (C=O) groups is 1. The fourth-order valence-electron chi connectivity index (χ4n) is 2.55. The van der Waals surface area contributed by atoms with Gasteiger partial charge in [0.2, 0.25) is 5.91 Å². The van der Waals surface area contributed by atoms with Crippen LogP contribution in [0.5, 0.6) is 0 Å². The lowest BCUT2D eigenvalue weighted by molar-refractivity contribution is -0.115. The molecule has 1 N–H and O–H groups in total. The Bertz CT molecular complexity index is 838. The van der Waals surface area contributed by atoms with E-state index < -0.39 is 0 Å². The zero-order valence-corrected chi connectivity index (χ0v) is 15.1. The molecule has 0 bridgehead atoms. The third kappa shape index (κ3) is 3.86. The number of anilines is 1. The van der Waals surface area contributed by atoms with Crippen molar-refractivity contribution in [3.63, 3.8) is 0 Å². The SMILES string of the molecule is Cc1nn(Cc2ccc(Cl)cc2)c(C)c1NC(=O)Cc1cccs1. The summed E-state index contributed by atoms with van der Waals surface area (Å²) < 4.78 is 1.90. The van der Waals surface area contributed by atoms with Crippen LogP contribution in [-0.2, 0) is 17.8 Å². The smallest absolute Gasteiger partial charge is 0.229 e. The van der Waals surface area contributed by atoms with Gasteiger partial charge in [0.05, 0.1) is 30.0 Å². The van der Waals surface area contributed by atoms with E-state index in [2.05, 4.69) is 10.4 Å². The molecule has 6 heteroatoms. The summed E-state index contributed by atoms with van der Waals surface area (Å²) in [5.74, 6) is -0.0188. The summed E-state index contributed by atoms with van der Waals surface area (Å²) in [6.45, 7) is 4.52. The van der Waals surface area contributed by atoms with Gasteiger partial charge in [-0.25, -0.2) is 0 Å². The van der Waals surface area contributed by atoms with Gasteiger partial charge in [-0.1, -0.05) is 29.8 Å². The normalized spacial score (nSPS) is 10.8. The number of amides is 1. The topological polar surface area (TPSA) is 46.9 Å². The van der Waals surface area contributed by atoms with Gasteiger partial charge in [-0.15, -0.1) is 11.3 Å². The zero-order valence-electron chi connectivity index (χ0n) is 13.5. The van der Waals surface area contributed by atoms with E-state index in [4.69, 9.17) is 11.6 Å². The summed E-state index contributed by atoms with van der Waals surface area (Å²) in [5.41, 5.74) is 3.68. The van der Waals surface area contributed by atoms with Gasteiger partial charge in [0.15, 0.2) is 0 Å². The van der Waals surface area contributed by atoms with E-state index in [1.807, 2.05) is 60.3 Å². The van der Waals surface area contributed by atoms with E-state index >= 15 is 0 Å². The number of aromatic nitrogens is 2. The Morgan fingerprint density at radius 3 is 2.67 bits per heavy atom. The number of rotatable bonds is 5. The Balaban J connectivity index is 1.73. The fourth-order valence-corrected chi connectivity index (χ4v) is 3.38. The summed E-state index contributed by atoms with van der Waals surface area (Å²) in [7, 11) is 0. The van der Waals surface area contributed by atoms with E-state index in [1.165, 1.54) is 0 Å². The van der Waals surface area contributed by atoms with E-state index in [0.29, 0.717) is 18.0 Å². The molecule has 3 rings (SSSR count). The lowest BCUT2D eigenvalue weighted by Gasteiger charge is -2.07. The molecule has 0 saturated carbocycles. The molecule has 1 amide bonds. The van der Waals surface area contributed by atoms with Gasteiger partial charge in [0.1, 0.15) is 0 Å². The Kier molecular flexibility index (Phi) is 5.02. The third-order valence-corrected chi connectivity index (χ3v) is 4.93. The Labute approximate surface area is 150 Å². The highest BCUT2D eigenvalue weighted by atomic mass is 35.5. The first-order chi connectivity index (χ1) is 11.5. The van der Waals surface area contributed by atoms with Crippen LogP contribution in [0.15, 0.2) is 41.8 Å². The molecular formula is C18H18ClN3OS. The number of benzene rings is 1.